The second-order valence-corrected chi connectivity index (χ2v) is 5.00. The van der Waals surface area contributed by atoms with E-state index in [9.17, 15) is 0 Å². The van der Waals surface area contributed by atoms with Crippen molar-refractivity contribution in [2.75, 3.05) is 26.3 Å². The monoisotopic (exact) mass is 269 g/mol. The number of nitrogens with one attached hydrogen (secondary N) is 1. The van der Waals surface area contributed by atoms with E-state index in [-0.39, 0.29) is 0 Å². The number of ether oxygens (including phenoxy) is 1. The number of rotatable bonds is 9. The van der Waals surface area contributed by atoms with Gasteiger partial charge < -0.3 is 10.1 Å². The van der Waals surface area contributed by atoms with Crippen LogP contribution in [0.2, 0.25) is 5.02 Å². The summed E-state index contributed by atoms with van der Waals surface area (Å²) >= 11 is 6.01. The predicted octanol–water partition coefficient (Wildman–Crippen LogP) is 3.53. The number of hydrogen-bond donors (Lipinski definition) is 1. The average molecular weight is 270 g/mol. The third-order valence-electron chi connectivity index (χ3n) is 2.83. The molecule has 0 radical (unpaired) electrons. The minimum atomic E-state index is 0.509. The molecule has 0 heterocycles. The third kappa shape index (κ3) is 6.39. The van der Waals surface area contributed by atoms with Crippen molar-refractivity contribution in [1.29, 1.82) is 0 Å². The van der Waals surface area contributed by atoms with Crippen molar-refractivity contribution < 1.29 is 4.74 Å². The van der Waals surface area contributed by atoms with E-state index in [0.29, 0.717) is 5.92 Å². The molecular weight excluding hydrogens is 246 g/mol. The SMILES string of the molecule is CCCNCC(COCC)Cc1cccc(Cl)c1. The zero-order chi connectivity index (χ0) is 13.2. The van der Waals surface area contributed by atoms with Gasteiger partial charge >= 0.3 is 0 Å². The summed E-state index contributed by atoms with van der Waals surface area (Å²) in [5.74, 6) is 0.509. The Kier molecular flexibility index (Phi) is 8.06. The third-order valence-corrected chi connectivity index (χ3v) is 3.07. The van der Waals surface area contributed by atoms with Crippen molar-refractivity contribution >= 4 is 11.6 Å². The minimum absolute atomic E-state index is 0.509. The van der Waals surface area contributed by atoms with Gasteiger partial charge in [0.05, 0.1) is 6.61 Å². The summed E-state index contributed by atoms with van der Waals surface area (Å²) < 4.78 is 5.56. The first-order valence-corrected chi connectivity index (χ1v) is 7.17. The first-order chi connectivity index (χ1) is 8.76. The number of benzene rings is 1. The van der Waals surface area contributed by atoms with Gasteiger partial charge in [0, 0.05) is 18.2 Å². The Bertz CT molecular complexity index is 330. The van der Waals surface area contributed by atoms with Gasteiger partial charge in [0.25, 0.3) is 0 Å². The standard InChI is InChI=1S/C15H24ClNO/c1-3-8-17-11-14(12-18-4-2)9-13-6-5-7-15(16)10-13/h5-7,10,14,17H,3-4,8-9,11-12H2,1-2H3. The van der Waals surface area contributed by atoms with Crippen LogP contribution in [0.3, 0.4) is 0 Å². The lowest BCUT2D eigenvalue weighted by atomic mass is 10.00. The van der Waals surface area contributed by atoms with Crippen molar-refractivity contribution in [3.8, 4) is 0 Å². The van der Waals surface area contributed by atoms with E-state index in [1.807, 2.05) is 25.1 Å². The normalized spacial score (nSPS) is 12.6. The van der Waals surface area contributed by atoms with Crippen LogP contribution in [-0.2, 0) is 11.2 Å². The molecule has 1 aromatic rings. The smallest absolute Gasteiger partial charge is 0.0509 e. The molecule has 0 aliphatic rings. The van der Waals surface area contributed by atoms with Crippen LogP contribution in [-0.4, -0.2) is 26.3 Å². The number of hydrogen-bond acceptors (Lipinski definition) is 2. The lowest BCUT2D eigenvalue weighted by Crippen LogP contribution is -2.28. The van der Waals surface area contributed by atoms with E-state index in [1.54, 1.807) is 0 Å². The molecule has 1 rings (SSSR count). The molecule has 0 fully saturated rings. The summed E-state index contributed by atoms with van der Waals surface area (Å²) in [5, 5.41) is 4.28. The van der Waals surface area contributed by atoms with Crippen molar-refractivity contribution in [3.63, 3.8) is 0 Å². The van der Waals surface area contributed by atoms with E-state index in [4.69, 9.17) is 16.3 Å². The molecule has 3 heteroatoms. The Morgan fingerprint density at radius 1 is 1.33 bits per heavy atom. The fourth-order valence-electron chi connectivity index (χ4n) is 1.95. The Balaban J connectivity index is 2.48. The van der Waals surface area contributed by atoms with Crippen molar-refractivity contribution in [3.05, 3.63) is 34.9 Å². The quantitative estimate of drug-likeness (QED) is 0.693. The molecule has 0 aromatic heterocycles. The fourth-order valence-corrected chi connectivity index (χ4v) is 2.17. The van der Waals surface area contributed by atoms with Crippen LogP contribution in [0.5, 0.6) is 0 Å². The Morgan fingerprint density at radius 3 is 2.83 bits per heavy atom. The van der Waals surface area contributed by atoms with Gasteiger partial charge in [-0.05, 0) is 49.9 Å². The van der Waals surface area contributed by atoms with Gasteiger partial charge in [-0.15, -0.1) is 0 Å². The average Bonchev–Trinajstić information content (AvgIpc) is 2.36. The Hall–Kier alpha value is -0.570. The van der Waals surface area contributed by atoms with E-state index in [1.165, 1.54) is 12.0 Å². The highest BCUT2D eigenvalue weighted by molar-refractivity contribution is 6.30. The molecule has 2 nitrogen and oxygen atoms in total. The molecule has 1 atom stereocenters. The minimum Gasteiger partial charge on any atom is -0.381 e. The van der Waals surface area contributed by atoms with E-state index in [0.717, 1.165) is 37.7 Å². The molecule has 18 heavy (non-hydrogen) atoms. The first-order valence-electron chi connectivity index (χ1n) is 6.79. The molecule has 1 N–H and O–H groups in total. The van der Waals surface area contributed by atoms with Crippen molar-refractivity contribution in [1.82, 2.24) is 5.32 Å². The summed E-state index contributed by atoms with van der Waals surface area (Å²) in [7, 11) is 0. The summed E-state index contributed by atoms with van der Waals surface area (Å²) in [6.45, 7) is 7.87. The van der Waals surface area contributed by atoms with Crippen LogP contribution < -0.4 is 5.32 Å². The van der Waals surface area contributed by atoms with Gasteiger partial charge in [0.15, 0.2) is 0 Å². The zero-order valence-electron chi connectivity index (χ0n) is 11.4. The van der Waals surface area contributed by atoms with Gasteiger partial charge in [0.1, 0.15) is 0 Å². The molecule has 0 bridgehead atoms. The molecule has 1 aromatic carbocycles. The first kappa shape index (κ1) is 15.5. The second kappa shape index (κ2) is 9.37. The molecule has 0 amide bonds. The predicted molar refractivity (Wildman–Crippen MR) is 78.3 cm³/mol. The Morgan fingerprint density at radius 2 is 2.17 bits per heavy atom. The van der Waals surface area contributed by atoms with Gasteiger partial charge in [-0.2, -0.15) is 0 Å². The summed E-state index contributed by atoms with van der Waals surface area (Å²) in [5.41, 5.74) is 1.28. The van der Waals surface area contributed by atoms with Crippen molar-refractivity contribution in [2.45, 2.75) is 26.7 Å². The maximum atomic E-state index is 6.01. The Labute approximate surface area is 116 Å². The van der Waals surface area contributed by atoms with Gasteiger partial charge in [-0.3, -0.25) is 0 Å². The van der Waals surface area contributed by atoms with Crippen LogP contribution in [0.15, 0.2) is 24.3 Å². The summed E-state index contributed by atoms with van der Waals surface area (Å²) in [4.78, 5) is 0. The highest BCUT2D eigenvalue weighted by Crippen LogP contribution is 2.14. The molecule has 102 valence electrons. The lowest BCUT2D eigenvalue weighted by Gasteiger charge is -2.17. The zero-order valence-corrected chi connectivity index (χ0v) is 12.2. The number of halogens is 1. The van der Waals surface area contributed by atoms with E-state index < -0.39 is 0 Å². The molecule has 0 aliphatic carbocycles. The van der Waals surface area contributed by atoms with Crippen LogP contribution in [0.1, 0.15) is 25.8 Å². The molecule has 0 aliphatic heterocycles. The van der Waals surface area contributed by atoms with Crippen LogP contribution in [0.4, 0.5) is 0 Å². The fraction of sp³-hybridized carbons (Fsp3) is 0.600. The molecule has 0 saturated heterocycles. The van der Waals surface area contributed by atoms with Crippen LogP contribution in [0.25, 0.3) is 0 Å². The maximum Gasteiger partial charge on any atom is 0.0509 e. The molecule has 0 saturated carbocycles. The van der Waals surface area contributed by atoms with Gasteiger partial charge in [-0.1, -0.05) is 30.7 Å². The largest absolute Gasteiger partial charge is 0.381 e. The summed E-state index contributed by atoms with van der Waals surface area (Å²) in [6.07, 6.45) is 2.18. The van der Waals surface area contributed by atoms with Gasteiger partial charge in [-0.25, -0.2) is 0 Å². The van der Waals surface area contributed by atoms with E-state index in [2.05, 4.69) is 18.3 Å². The molecule has 0 spiro atoms. The second-order valence-electron chi connectivity index (χ2n) is 4.56. The molecular formula is C15H24ClNO. The van der Waals surface area contributed by atoms with Crippen LogP contribution in [0, 0.1) is 5.92 Å². The maximum absolute atomic E-state index is 6.01. The molecule has 1 unspecified atom stereocenters. The van der Waals surface area contributed by atoms with Crippen molar-refractivity contribution in [2.24, 2.45) is 5.92 Å². The topological polar surface area (TPSA) is 21.3 Å². The highest BCUT2D eigenvalue weighted by Gasteiger charge is 2.09. The highest BCUT2D eigenvalue weighted by atomic mass is 35.5. The summed E-state index contributed by atoms with van der Waals surface area (Å²) in [6, 6.07) is 8.10. The van der Waals surface area contributed by atoms with E-state index >= 15 is 0 Å². The van der Waals surface area contributed by atoms with Crippen LogP contribution >= 0.6 is 11.6 Å². The van der Waals surface area contributed by atoms with Gasteiger partial charge in [0.2, 0.25) is 0 Å². The lowest BCUT2D eigenvalue weighted by molar-refractivity contribution is 0.110.